The van der Waals surface area contributed by atoms with E-state index in [1.807, 2.05) is 32.0 Å². The molecule has 2 fully saturated rings. The van der Waals surface area contributed by atoms with Crippen molar-refractivity contribution in [1.82, 2.24) is 5.32 Å². The summed E-state index contributed by atoms with van der Waals surface area (Å²) in [5.41, 5.74) is 1.25. The maximum Gasteiger partial charge on any atom is 0.190 e. The van der Waals surface area contributed by atoms with Gasteiger partial charge >= 0.3 is 0 Å². The predicted molar refractivity (Wildman–Crippen MR) is 82.2 cm³/mol. The molecule has 5 nitrogen and oxygen atoms in total. The summed E-state index contributed by atoms with van der Waals surface area (Å²) < 4.78 is 23.4. The Kier molecular flexibility index (Phi) is 4.52. The monoisotopic (exact) mass is 307 g/mol. The third-order valence-corrected chi connectivity index (χ3v) is 4.26. The molecular formula is C17H25NO4. The molecule has 2 saturated heterocycles. The maximum atomic E-state index is 6.04. The van der Waals surface area contributed by atoms with Crippen molar-refractivity contribution < 1.29 is 18.9 Å². The van der Waals surface area contributed by atoms with Gasteiger partial charge in [0.1, 0.15) is 18.3 Å². The molecule has 2 heterocycles. The van der Waals surface area contributed by atoms with Crippen LogP contribution in [0.5, 0.6) is 0 Å². The first-order chi connectivity index (χ1) is 10.5. The highest BCUT2D eigenvalue weighted by Gasteiger charge is 2.56. The molecule has 1 aromatic carbocycles. The fourth-order valence-corrected chi connectivity index (χ4v) is 3.17. The fraction of sp³-hybridized carbons (Fsp3) is 0.647. The first-order valence-electron chi connectivity index (χ1n) is 7.81. The molecule has 0 bridgehead atoms. The number of hydrogen-bond donors (Lipinski definition) is 1. The van der Waals surface area contributed by atoms with Crippen molar-refractivity contribution in [2.45, 2.75) is 63.7 Å². The molecule has 5 heteroatoms. The van der Waals surface area contributed by atoms with E-state index in [0.29, 0.717) is 0 Å². The molecule has 0 unspecified atom stereocenters. The van der Waals surface area contributed by atoms with Gasteiger partial charge in [0.25, 0.3) is 0 Å². The van der Waals surface area contributed by atoms with Crippen LogP contribution in [0.4, 0.5) is 0 Å². The van der Waals surface area contributed by atoms with Crippen LogP contribution in [-0.2, 0) is 25.5 Å². The first kappa shape index (κ1) is 15.9. The fourth-order valence-electron chi connectivity index (χ4n) is 3.17. The van der Waals surface area contributed by atoms with Gasteiger partial charge in [-0.2, -0.15) is 0 Å². The lowest BCUT2D eigenvalue weighted by atomic mass is 10.0. The molecule has 122 valence electrons. The van der Waals surface area contributed by atoms with Crippen molar-refractivity contribution in [2.24, 2.45) is 0 Å². The van der Waals surface area contributed by atoms with Crippen molar-refractivity contribution in [3.63, 3.8) is 0 Å². The van der Waals surface area contributed by atoms with Gasteiger partial charge in [0.15, 0.2) is 12.1 Å². The highest BCUT2D eigenvalue weighted by molar-refractivity contribution is 5.14. The van der Waals surface area contributed by atoms with Crippen molar-refractivity contribution in [3.8, 4) is 0 Å². The average Bonchev–Trinajstić information content (AvgIpc) is 2.97. The summed E-state index contributed by atoms with van der Waals surface area (Å²) in [4.78, 5) is 0. The van der Waals surface area contributed by atoms with E-state index in [2.05, 4.69) is 24.4 Å². The number of ether oxygens (including phenoxy) is 4. The van der Waals surface area contributed by atoms with Gasteiger partial charge in [0.05, 0.1) is 0 Å². The molecule has 2 aliphatic heterocycles. The van der Waals surface area contributed by atoms with Crippen LogP contribution in [0.3, 0.4) is 0 Å². The SMILES string of the molecule is CO[C@@H]1[C@H]2OC(C)(C)O[C@H]2O[C@@H]1[C@@H](C)NCc1ccccc1. The molecule has 0 saturated carbocycles. The van der Waals surface area contributed by atoms with E-state index in [9.17, 15) is 0 Å². The molecular weight excluding hydrogens is 282 g/mol. The second kappa shape index (κ2) is 6.26. The molecule has 5 atom stereocenters. The highest BCUT2D eigenvalue weighted by atomic mass is 16.8. The van der Waals surface area contributed by atoms with Gasteiger partial charge in [-0.05, 0) is 26.3 Å². The minimum Gasteiger partial charge on any atom is -0.376 e. The molecule has 0 amide bonds. The first-order valence-corrected chi connectivity index (χ1v) is 7.81. The lowest BCUT2D eigenvalue weighted by Gasteiger charge is -2.29. The van der Waals surface area contributed by atoms with E-state index in [4.69, 9.17) is 18.9 Å². The third-order valence-electron chi connectivity index (χ3n) is 4.26. The van der Waals surface area contributed by atoms with Crippen molar-refractivity contribution >= 4 is 0 Å². The summed E-state index contributed by atoms with van der Waals surface area (Å²) in [7, 11) is 1.70. The zero-order valence-corrected chi connectivity index (χ0v) is 13.6. The molecule has 0 aromatic heterocycles. The number of methoxy groups -OCH3 is 1. The van der Waals surface area contributed by atoms with Gasteiger partial charge in [-0.1, -0.05) is 30.3 Å². The van der Waals surface area contributed by atoms with Crippen molar-refractivity contribution in [1.29, 1.82) is 0 Å². The predicted octanol–water partition coefficient (Wildman–Crippen LogP) is 2.06. The Balaban J connectivity index is 1.60. The Bertz CT molecular complexity index is 493. The molecule has 1 aromatic rings. The van der Waals surface area contributed by atoms with Crippen LogP contribution in [0.1, 0.15) is 26.3 Å². The number of hydrogen-bond acceptors (Lipinski definition) is 5. The van der Waals surface area contributed by atoms with Crippen LogP contribution in [0.25, 0.3) is 0 Å². The van der Waals surface area contributed by atoms with Crippen LogP contribution in [0.2, 0.25) is 0 Å². The Labute approximate surface area is 131 Å². The van der Waals surface area contributed by atoms with E-state index < -0.39 is 5.79 Å². The standard InChI is InChI=1S/C17H25NO4/c1-11(18-10-12-8-6-5-7-9-12)13-14(19-4)15-16(20-13)22-17(2,3)21-15/h5-9,11,13-16,18H,10H2,1-4H3/t11-,13-,14+,15-,16-/m1/s1. The van der Waals surface area contributed by atoms with Gasteiger partial charge in [-0.3, -0.25) is 0 Å². The maximum absolute atomic E-state index is 6.04. The molecule has 1 N–H and O–H groups in total. The Morgan fingerprint density at radius 1 is 1.23 bits per heavy atom. The third kappa shape index (κ3) is 3.19. The van der Waals surface area contributed by atoms with Gasteiger partial charge in [0, 0.05) is 19.7 Å². The van der Waals surface area contributed by atoms with Gasteiger partial charge in [-0.25, -0.2) is 0 Å². The molecule has 22 heavy (non-hydrogen) atoms. The van der Waals surface area contributed by atoms with Crippen LogP contribution in [-0.4, -0.2) is 43.5 Å². The zero-order valence-electron chi connectivity index (χ0n) is 13.6. The minimum atomic E-state index is -0.613. The van der Waals surface area contributed by atoms with Gasteiger partial charge in [0.2, 0.25) is 0 Å². The second-order valence-corrected chi connectivity index (χ2v) is 6.42. The molecule has 0 aliphatic carbocycles. The van der Waals surface area contributed by atoms with Gasteiger partial charge in [-0.15, -0.1) is 0 Å². The lowest BCUT2D eigenvalue weighted by Crippen LogP contribution is -2.46. The van der Waals surface area contributed by atoms with E-state index in [1.165, 1.54) is 5.56 Å². The largest absolute Gasteiger partial charge is 0.376 e. The number of nitrogens with one attached hydrogen (secondary N) is 1. The smallest absolute Gasteiger partial charge is 0.190 e. The van der Waals surface area contributed by atoms with Crippen LogP contribution in [0, 0.1) is 0 Å². The number of benzene rings is 1. The van der Waals surface area contributed by atoms with Crippen molar-refractivity contribution in [2.75, 3.05) is 7.11 Å². The summed E-state index contributed by atoms with van der Waals surface area (Å²) in [6, 6.07) is 10.4. The van der Waals surface area contributed by atoms with Crippen LogP contribution in [0.15, 0.2) is 30.3 Å². The topological polar surface area (TPSA) is 49.0 Å². The molecule has 0 spiro atoms. The van der Waals surface area contributed by atoms with Gasteiger partial charge < -0.3 is 24.3 Å². The van der Waals surface area contributed by atoms with E-state index in [1.54, 1.807) is 7.11 Å². The van der Waals surface area contributed by atoms with Crippen LogP contribution < -0.4 is 5.32 Å². The molecule has 3 rings (SSSR count). The Hall–Kier alpha value is -0.980. The summed E-state index contributed by atoms with van der Waals surface area (Å²) in [6.45, 7) is 6.69. The van der Waals surface area contributed by atoms with Crippen LogP contribution >= 0.6 is 0 Å². The number of rotatable bonds is 5. The quantitative estimate of drug-likeness (QED) is 0.902. The van der Waals surface area contributed by atoms with E-state index in [-0.39, 0.29) is 30.6 Å². The summed E-state index contributed by atoms with van der Waals surface area (Å²) in [5.74, 6) is -0.613. The molecule has 2 aliphatic rings. The number of fused-ring (bicyclic) bond motifs is 1. The normalized spacial score (nSPS) is 34.5. The average molecular weight is 307 g/mol. The minimum absolute atomic E-state index is 0.0974. The Morgan fingerprint density at radius 3 is 2.64 bits per heavy atom. The summed E-state index contributed by atoms with van der Waals surface area (Å²) >= 11 is 0. The Morgan fingerprint density at radius 2 is 1.95 bits per heavy atom. The highest BCUT2D eigenvalue weighted by Crippen LogP contribution is 2.39. The second-order valence-electron chi connectivity index (χ2n) is 6.42. The van der Waals surface area contributed by atoms with Crippen molar-refractivity contribution in [3.05, 3.63) is 35.9 Å². The van der Waals surface area contributed by atoms with E-state index in [0.717, 1.165) is 6.54 Å². The molecule has 0 radical (unpaired) electrons. The summed E-state index contributed by atoms with van der Waals surface area (Å²) in [5, 5.41) is 3.50. The zero-order chi connectivity index (χ0) is 15.7. The lowest BCUT2D eigenvalue weighted by molar-refractivity contribution is -0.219. The summed E-state index contributed by atoms with van der Waals surface area (Å²) in [6.07, 6.45) is -0.762. The van der Waals surface area contributed by atoms with E-state index >= 15 is 0 Å².